The first-order valence-corrected chi connectivity index (χ1v) is 6.11. The lowest BCUT2D eigenvalue weighted by molar-refractivity contribution is 0.0944. The number of rotatable bonds is 5. The second kappa shape index (κ2) is 6.16. The summed E-state index contributed by atoms with van der Waals surface area (Å²) in [5.74, 6) is 4.75. The van der Waals surface area contributed by atoms with E-state index in [0.717, 1.165) is 5.69 Å². The molecule has 1 amide bonds. The van der Waals surface area contributed by atoms with Crippen LogP contribution in [0.2, 0.25) is 0 Å². The van der Waals surface area contributed by atoms with Crippen LogP contribution in [0.3, 0.4) is 0 Å². The van der Waals surface area contributed by atoms with E-state index in [4.69, 9.17) is 10.4 Å². The van der Waals surface area contributed by atoms with Crippen molar-refractivity contribution >= 4 is 11.6 Å². The summed E-state index contributed by atoms with van der Waals surface area (Å²) >= 11 is 0. The van der Waals surface area contributed by atoms with Gasteiger partial charge in [0.25, 0.3) is 5.91 Å². The van der Waals surface area contributed by atoms with E-state index in [1.807, 2.05) is 17.2 Å². The van der Waals surface area contributed by atoms with Gasteiger partial charge < -0.3 is 9.42 Å². The Labute approximate surface area is 115 Å². The maximum Gasteiger partial charge on any atom is 0.287 e. The molecule has 0 unspecified atom stereocenters. The third-order valence-electron chi connectivity index (χ3n) is 2.84. The molecule has 0 radical (unpaired) electrons. The minimum absolute atomic E-state index is 0.123. The molecule has 0 saturated carbocycles. The van der Waals surface area contributed by atoms with Crippen LogP contribution in [0.1, 0.15) is 23.2 Å². The van der Waals surface area contributed by atoms with Crippen LogP contribution in [0.25, 0.3) is 0 Å². The number of halogens is 1. The second-order valence-electron chi connectivity index (χ2n) is 4.14. The van der Waals surface area contributed by atoms with E-state index in [1.165, 1.54) is 18.2 Å². The maximum absolute atomic E-state index is 12.9. The number of benzene rings is 1. The molecule has 3 N–H and O–H groups in total. The van der Waals surface area contributed by atoms with Crippen LogP contribution in [-0.2, 0) is 6.54 Å². The Bertz CT molecular complexity index is 582. The lowest BCUT2D eigenvalue weighted by atomic mass is 10.2. The molecule has 0 atom stereocenters. The van der Waals surface area contributed by atoms with Gasteiger partial charge in [-0.1, -0.05) is 5.16 Å². The van der Waals surface area contributed by atoms with Crippen LogP contribution in [-0.4, -0.2) is 17.6 Å². The summed E-state index contributed by atoms with van der Waals surface area (Å²) in [6, 6.07) is 7.68. The summed E-state index contributed by atoms with van der Waals surface area (Å²) in [6.07, 6.45) is 0. The SMILES string of the molecule is CCN(Cc1cc(C(=O)NN)no1)c1ccc(F)cc1. The highest BCUT2D eigenvalue weighted by Crippen LogP contribution is 2.18. The van der Waals surface area contributed by atoms with Crippen molar-refractivity contribution < 1.29 is 13.7 Å². The molecule has 2 rings (SSSR count). The summed E-state index contributed by atoms with van der Waals surface area (Å²) in [7, 11) is 0. The fourth-order valence-corrected chi connectivity index (χ4v) is 1.79. The van der Waals surface area contributed by atoms with E-state index < -0.39 is 5.91 Å². The molecular formula is C13H15FN4O2. The maximum atomic E-state index is 12.9. The van der Waals surface area contributed by atoms with E-state index in [0.29, 0.717) is 18.8 Å². The predicted octanol–water partition coefficient (Wildman–Crippen LogP) is 1.44. The van der Waals surface area contributed by atoms with Gasteiger partial charge in [0.2, 0.25) is 0 Å². The van der Waals surface area contributed by atoms with Gasteiger partial charge in [-0.05, 0) is 31.2 Å². The average Bonchev–Trinajstić information content (AvgIpc) is 2.93. The summed E-state index contributed by atoms with van der Waals surface area (Å²) in [5, 5.41) is 3.63. The average molecular weight is 278 g/mol. The van der Waals surface area contributed by atoms with Crippen LogP contribution >= 0.6 is 0 Å². The van der Waals surface area contributed by atoms with Crippen molar-refractivity contribution in [2.75, 3.05) is 11.4 Å². The van der Waals surface area contributed by atoms with Crippen molar-refractivity contribution in [1.29, 1.82) is 0 Å². The molecule has 106 valence electrons. The summed E-state index contributed by atoms with van der Waals surface area (Å²) < 4.78 is 18.0. The van der Waals surface area contributed by atoms with E-state index in [2.05, 4.69) is 5.16 Å². The second-order valence-corrected chi connectivity index (χ2v) is 4.14. The largest absolute Gasteiger partial charge is 0.364 e. The van der Waals surface area contributed by atoms with E-state index >= 15 is 0 Å². The zero-order chi connectivity index (χ0) is 14.5. The van der Waals surface area contributed by atoms with E-state index in [-0.39, 0.29) is 11.5 Å². The standard InChI is InChI=1S/C13H15FN4O2/c1-2-18(10-5-3-9(14)4-6-10)8-11-7-12(17-20-11)13(19)16-15/h3-7H,2,8,15H2,1H3,(H,16,19). The highest BCUT2D eigenvalue weighted by Gasteiger charge is 2.14. The number of hydrazine groups is 1. The van der Waals surface area contributed by atoms with Crippen LogP contribution in [0.4, 0.5) is 10.1 Å². The number of carbonyl (C=O) groups excluding carboxylic acids is 1. The van der Waals surface area contributed by atoms with Crippen LogP contribution < -0.4 is 16.2 Å². The van der Waals surface area contributed by atoms with Crippen molar-refractivity contribution in [3.63, 3.8) is 0 Å². The quantitative estimate of drug-likeness (QED) is 0.491. The molecule has 0 aliphatic heterocycles. The van der Waals surface area contributed by atoms with Crippen LogP contribution in [0.15, 0.2) is 34.9 Å². The number of nitrogen functional groups attached to an aromatic ring is 1. The fraction of sp³-hybridized carbons (Fsp3) is 0.231. The Balaban J connectivity index is 2.12. The Morgan fingerprint density at radius 1 is 1.45 bits per heavy atom. The van der Waals surface area contributed by atoms with E-state index in [9.17, 15) is 9.18 Å². The van der Waals surface area contributed by atoms with Gasteiger partial charge in [-0.2, -0.15) is 0 Å². The third kappa shape index (κ3) is 3.12. The van der Waals surface area contributed by atoms with Gasteiger partial charge in [0, 0.05) is 18.3 Å². The first kappa shape index (κ1) is 14.0. The highest BCUT2D eigenvalue weighted by atomic mass is 19.1. The minimum atomic E-state index is -0.509. The van der Waals surface area contributed by atoms with Gasteiger partial charge in [-0.25, -0.2) is 10.2 Å². The number of hydrogen-bond acceptors (Lipinski definition) is 5. The molecule has 1 heterocycles. The first-order valence-electron chi connectivity index (χ1n) is 6.11. The molecule has 7 heteroatoms. The molecule has 1 aromatic heterocycles. The molecule has 6 nitrogen and oxygen atoms in total. The van der Waals surface area contributed by atoms with Crippen LogP contribution in [0.5, 0.6) is 0 Å². The summed E-state index contributed by atoms with van der Waals surface area (Å²) in [6.45, 7) is 3.09. The van der Waals surface area contributed by atoms with Crippen LogP contribution in [0, 0.1) is 5.82 Å². The van der Waals surface area contributed by atoms with Crippen molar-refractivity contribution in [3.05, 3.63) is 47.6 Å². The molecule has 0 saturated heterocycles. The minimum Gasteiger partial charge on any atom is -0.364 e. The van der Waals surface area contributed by atoms with Crippen molar-refractivity contribution in [1.82, 2.24) is 10.6 Å². The molecule has 0 aliphatic carbocycles. The Kier molecular flexibility index (Phi) is 4.31. The van der Waals surface area contributed by atoms with Gasteiger partial charge in [0.1, 0.15) is 5.82 Å². The topological polar surface area (TPSA) is 84.4 Å². The molecule has 0 fully saturated rings. The zero-order valence-corrected chi connectivity index (χ0v) is 11.0. The number of nitrogens with two attached hydrogens (primary N) is 1. The molecular weight excluding hydrogens is 263 g/mol. The Morgan fingerprint density at radius 2 is 2.15 bits per heavy atom. The third-order valence-corrected chi connectivity index (χ3v) is 2.84. The monoisotopic (exact) mass is 278 g/mol. The van der Waals surface area contributed by atoms with Crippen molar-refractivity contribution in [3.8, 4) is 0 Å². The van der Waals surface area contributed by atoms with Crippen molar-refractivity contribution in [2.24, 2.45) is 5.84 Å². The molecule has 0 spiro atoms. The molecule has 20 heavy (non-hydrogen) atoms. The molecule has 2 aromatic rings. The summed E-state index contributed by atoms with van der Waals surface area (Å²) in [5.41, 5.74) is 2.96. The highest BCUT2D eigenvalue weighted by molar-refractivity contribution is 5.91. The first-order chi connectivity index (χ1) is 9.63. The smallest absolute Gasteiger partial charge is 0.287 e. The Morgan fingerprint density at radius 3 is 2.75 bits per heavy atom. The number of aromatic nitrogens is 1. The lowest BCUT2D eigenvalue weighted by Gasteiger charge is -2.21. The van der Waals surface area contributed by atoms with E-state index in [1.54, 1.807) is 12.1 Å². The molecule has 1 aromatic carbocycles. The van der Waals surface area contributed by atoms with Gasteiger partial charge >= 0.3 is 0 Å². The molecule has 0 aliphatic rings. The number of nitrogens with one attached hydrogen (secondary N) is 1. The fourth-order valence-electron chi connectivity index (χ4n) is 1.79. The van der Waals surface area contributed by atoms with Gasteiger partial charge in [-0.3, -0.25) is 10.2 Å². The number of amides is 1. The number of nitrogens with zero attached hydrogens (tertiary/aromatic N) is 2. The lowest BCUT2D eigenvalue weighted by Crippen LogP contribution is -2.30. The van der Waals surface area contributed by atoms with Gasteiger partial charge in [0.05, 0.1) is 6.54 Å². The van der Waals surface area contributed by atoms with Gasteiger partial charge in [0.15, 0.2) is 11.5 Å². The Hall–Kier alpha value is -2.41. The normalized spacial score (nSPS) is 10.3. The predicted molar refractivity (Wildman–Crippen MR) is 71.3 cm³/mol. The number of carbonyl (C=O) groups is 1. The molecule has 0 bridgehead atoms. The van der Waals surface area contributed by atoms with Gasteiger partial charge in [-0.15, -0.1) is 0 Å². The number of hydrogen-bond donors (Lipinski definition) is 2. The number of anilines is 1. The van der Waals surface area contributed by atoms with Crippen molar-refractivity contribution in [2.45, 2.75) is 13.5 Å². The summed E-state index contributed by atoms with van der Waals surface area (Å²) in [4.78, 5) is 13.2. The zero-order valence-electron chi connectivity index (χ0n) is 11.0.